The van der Waals surface area contributed by atoms with Crippen molar-refractivity contribution in [3.63, 3.8) is 0 Å². The second-order valence-corrected chi connectivity index (χ2v) is 14.2. The first-order valence-electron chi connectivity index (χ1n) is 15.4. The number of nitrogens with zero attached hydrogens (tertiary/aromatic N) is 3. The van der Waals surface area contributed by atoms with E-state index < -0.39 is 0 Å². The number of hydrogen-bond donors (Lipinski definition) is 3. The fraction of sp³-hybridized carbons (Fsp3) is 0.471. The number of nitrogens with one attached hydrogen (secondary N) is 2. The molecule has 2 unspecified atom stereocenters. The summed E-state index contributed by atoms with van der Waals surface area (Å²) in [4.78, 5) is 40.8. The van der Waals surface area contributed by atoms with Crippen molar-refractivity contribution in [3.8, 4) is 11.1 Å². The van der Waals surface area contributed by atoms with E-state index in [-0.39, 0.29) is 29.5 Å². The van der Waals surface area contributed by atoms with Gasteiger partial charge in [-0.15, -0.1) is 0 Å². The predicted molar refractivity (Wildman–Crippen MR) is 171 cm³/mol. The molecule has 3 atom stereocenters. The lowest BCUT2D eigenvalue weighted by Gasteiger charge is -2.34. The summed E-state index contributed by atoms with van der Waals surface area (Å²) in [6.45, 7) is 9.81. The Morgan fingerprint density at radius 2 is 1.93 bits per heavy atom. The molecule has 1 aliphatic carbocycles. The number of likely N-dealkylation sites (tertiary alicyclic amines) is 1. The van der Waals surface area contributed by atoms with Crippen molar-refractivity contribution in [3.05, 3.63) is 80.8 Å². The van der Waals surface area contributed by atoms with Gasteiger partial charge in [-0.2, -0.15) is 0 Å². The normalized spacial score (nSPS) is 19.8. The Labute approximate surface area is 256 Å². The minimum absolute atomic E-state index is 0.132. The lowest BCUT2D eigenvalue weighted by atomic mass is 9.71. The number of aromatic amines is 1. The standard InChI is InChI=1S/C34H41N5O3S/c1-34(2,3)26-9-10-27-25(16-26)17-29-32(37-27)43-33(38-29)31(42)36-28(13-15-39-14-12-21(19-39)20-40)23-6-4-22(5-7-23)24-8-11-30(41)35-18-24/h4-8,11,17-18,21,26,28,40H,9-10,12-16,19-20H2,1-3H3,(H,35,41)(H,36,42)/t21?,26-,28?/m0/s1. The lowest BCUT2D eigenvalue weighted by Crippen LogP contribution is -2.32. The molecule has 1 aromatic carbocycles. The van der Waals surface area contributed by atoms with E-state index in [4.69, 9.17) is 9.97 Å². The molecule has 43 heavy (non-hydrogen) atoms. The van der Waals surface area contributed by atoms with E-state index in [0.29, 0.717) is 16.8 Å². The number of aromatic nitrogens is 3. The van der Waals surface area contributed by atoms with E-state index in [1.54, 1.807) is 12.3 Å². The summed E-state index contributed by atoms with van der Waals surface area (Å²) in [5.74, 6) is 0.752. The molecule has 4 aromatic rings. The Bertz CT molecular complexity index is 1640. The summed E-state index contributed by atoms with van der Waals surface area (Å²) >= 11 is 1.37. The van der Waals surface area contributed by atoms with E-state index in [1.807, 2.05) is 24.3 Å². The molecule has 9 heteroatoms. The number of rotatable bonds is 8. The van der Waals surface area contributed by atoms with Gasteiger partial charge in [0, 0.05) is 37.7 Å². The van der Waals surface area contributed by atoms with Crippen LogP contribution in [0.4, 0.5) is 0 Å². The number of thiazole rings is 1. The van der Waals surface area contributed by atoms with Gasteiger partial charge in [0.1, 0.15) is 10.3 Å². The average molecular weight is 600 g/mol. The number of carbonyl (C=O) groups is 1. The van der Waals surface area contributed by atoms with Gasteiger partial charge in [-0.1, -0.05) is 56.4 Å². The smallest absolute Gasteiger partial charge is 0.280 e. The summed E-state index contributed by atoms with van der Waals surface area (Å²) in [7, 11) is 0. The van der Waals surface area contributed by atoms with Gasteiger partial charge in [-0.05, 0) is 90.3 Å². The molecule has 0 radical (unpaired) electrons. The second kappa shape index (κ2) is 12.3. The number of aliphatic hydroxyl groups is 1. The molecule has 3 aromatic heterocycles. The molecule has 1 fully saturated rings. The molecule has 2 aliphatic rings. The molecule has 6 rings (SSSR count). The van der Waals surface area contributed by atoms with Crippen LogP contribution in [-0.2, 0) is 12.8 Å². The molecule has 3 N–H and O–H groups in total. The van der Waals surface area contributed by atoms with E-state index in [0.717, 1.165) is 84.5 Å². The van der Waals surface area contributed by atoms with Crippen molar-refractivity contribution in [1.29, 1.82) is 0 Å². The second-order valence-electron chi connectivity index (χ2n) is 13.3. The van der Waals surface area contributed by atoms with E-state index in [2.05, 4.69) is 42.0 Å². The predicted octanol–water partition coefficient (Wildman–Crippen LogP) is 5.37. The highest BCUT2D eigenvalue weighted by Crippen LogP contribution is 2.38. The highest BCUT2D eigenvalue weighted by atomic mass is 32.1. The van der Waals surface area contributed by atoms with Crippen LogP contribution in [-0.4, -0.2) is 57.1 Å². The van der Waals surface area contributed by atoms with Crippen LogP contribution in [0.25, 0.3) is 21.5 Å². The number of aryl methyl sites for hydroxylation is 1. The number of benzene rings is 1. The Balaban J connectivity index is 1.22. The molecular formula is C34H41N5O3S. The topological polar surface area (TPSA) is 111 Å². The van der Waals surface area contributed by atoms with Crippen molar-refractivity contribution in [2.75, 3.05) is 26.2 Å². The molecule has 0 spiro atoms. The first kappa shape index (κ1) is 29.7. The minimum Gasteiger partial charge on any atom is -0.396 e. The lowest BCUT2D eigenvalue weighted by molar-refractivity contribution is 0.0931. The Morgan fingerprint density at radius 1 is 1.14 bits per heavy atom. The molecule has 1 aliphatic heterocycles. The van der Waals surface area contributed by atoms with Gasteiger partial charge in [-0.25, -0.2) is 9.97 Å². The van der Waals surface area contributed by atoms with Crippen molar-refractivity contribution in [1.82, 2.24) is 25.2 Å². The number of carbonyl (C=O) groups excluding carboxylic acids is 1. The van der Waals surface area contributed by atoms with Gasteiger partial charge in [0.05, 0.1) is 6.04 Å². The first-order chi connectivity index (χ1) is 20.7. The van der Waals surface area contributed by atoms with Crippen LogP contribution in [0, 0.1) is 17.3 Å². The zero-order chi connectivity index (χ0) is 30.1. The average Bonchev–Trinajstić information content (AvgIpc) is 3.64. The van der Waals surface area contributed by atoms with E-state index in [9.17, 15) is 14.7 Å². The van der Waals surface area contributed by atoms with E-state index in [1.165, 1.54) is 23.0 Å². The fourth-order valence-corrected chi connectivity index (χ4v) is 7.31. The number of hydrogen-bond acceptors (Lipinski definition) is 7. The SMILES string of the molecule is CC(C)(C)[C@H]1CCc2nc3sc(C(=O)NC(CCN4CCC(CO)C4)c4ccc(-c5ccc(=O)[nH]c5)cc4)nc3cc2C1. The van der Waals surface area contributed by atoms with Gasteiger partial charge in [0.15, 0.2) is 5.01 Å². The van der Waals surface area contributed by atoms with Crippen molar-refractivity contribution >= 4 is 27.6 Å². The number of fused-ring (bicyclic) bond motifs is 2. The number of aliphatic hydroxyl groups excluding tert-OH is 1. The molecular weight excluding hydrogens is 558 g/mol. The Morgan fingerprint density at radius 3 is 2.63 bits per heavy atom. The number of amides is 1. The quantitative estimate of drug-likeness (QED) is 0.251. The Kier molecular flexibility index (Phi) is 8.49. The Hall–Kier alpha value is -3.40. The maximum Gasteiger partial charge on any atom is 0.280 e. The molecule has 8 nitrogen and oxygen atoms in total. The molecule has 1 saturated heterocycles. The largest absolute Gasteiger partial charge is 0.396 e. The summed E-state index contributed by atoms with van der Waals surface area (Å²) < 4.78 is 0. The molecule has 4 heterocycles. The van der Waals surface area contributed by atoms with Gasteiger partial charge in [0.2, 0.25) is 5.56 Å². The summed E-state index contributed by atoms with van der Waals surface area (Å²) in [5, 5.41) is 13.3. The third kappa shape index (κ3) is 6.74. The van der Waals surface area contributed by atoms with Crippen LogP contribution >= 0.6 is 11.3 Å². The summed E-state index contributed by atoms with van der Waals surface area (Å²) in [6.07, 6.45) is 6.57. The summed E-state index contributed by atoms with van der Waals surface area (Å²) in [5.41, 5.74) is 6.27. The van der Waals surface area contributed by atoms with Crippen LogP contribution < -0.4 is 10.9 Å². The van der Waals surface area contributed by atoms with Gasteiger partial charge < -0.3 is 20.3 Å². The zero-order valence-corrected chi connectivity index (χ0v) is 26.0. The van der Waals surface area contributed by atoms with Gasteiger partial charge >= 0.3 is 0 Å². The van der Waals surface area contributed by atoms with E-state index >= 15 is 0 Å². The van der Waals surface area contributed by atoms with Crippen molar-refractivity contribution in [2.24, 2.45) is 17.3 Å². The number of pyridine rings is 2. The number of H-pyrrole nitrogens is 1. The molecule has 0 bridgehead atoms. The highest BCUT2D eigenvalue weighted by Gasteiger charge is 2.30. The van der Waals surface area contributed by atoms with Gasteiger partial charge in [-0.3, -0.25) is 9.59 Å². The fourth-order valence-electron chi connectivity index (χ4n) is 6.47. The van der Waals surface area contributed by atoms with Crippen molar-refractivity contribution in [2.45, 2.75) is 58.9 Å². The van der Waals surface area contributed by atoms with Crippen molar-refractivity contribution < 1.29 is 9.90 Å². The third-order valence-electron chi connectivity index (χ3n) is 9.27. The highest BCUT2D eigenvalue weighted by molar-refractivity contribution is 7.19. The minimum atomic E-state index is -0.203. The van der Waals surface area contributed by atoms with Gasteiger partial charge in [0.25, 0.3) is 5.91 Å². The maximum absolute atomic E-state index is 13.6. The summed E-state index contributed by atoms with van der Waals surface area (Å²) in [6, 6.07) is 13.4. The maximum atomic E-state index is 13.6. The third-order valence-corrected chi connectivity index (χ3v) is 10.2. The van der Waals surface area contributed by atoms with Crippen LogP contribution in [0.2, 0.25) is 0 Å². The van der Waals surface area contributed by atoms with Crippen LogP contribution in [0.1, 0.15) is 72.7 Å². The van der Waals surface area contributed by atoms with Crippen LogP contribution in [0.3, 0.4) is 0 Å². The zero-order valence-electron chi connectivity index (χ0n) is 25.2. The molecule has 226 valence electrons. The molecule has 0 saturated carbocycles. The first-order valence-corrected chi connectivity index (χ1v) is 16.2. The van der Waals surface area contributed by atoms with Crippen LogP contribution in [0.15, 0.2) is 53.5 Å². The molecule has 1 amide bonds. The van der Waals surface area contributed by atoms with Crippen LogP contribution in [0.5, 0.6) is 0 Å². The monoisotopic (exact) mass is 599 g/mol.